The molecule has 0 aliphatic carbocycles. The highest BCUT2D eigenvalue weighted by molar-refractivity contribution is 6.41. The molecule has 2 aromatic rings. The monoisotopic (exact) mass is 461 g/mol. The van der Waals surface area contributed by atoms with Gasteiger partial charge in [-0.3, -0.25) is 14.5 Å². The standard InChI is InChI=1S/C23H25Cl2N3O3/c1-14(2)31-12-11-28-22(29)20(18-10-5-15(24)13-19(18)25)21(23(28)30)26-16-6-8-17(9-7-16)27(3)4/h5-10,13-14,26H,11-12H2,1-4H3. The number of hydrogen-bond acceptors (Lipinski definition) is 5. The Morgan fingerprint density at radius 2 is 1.71 bits per heavy atom. The number of anilines is 2. The van der Waals surface area contributed by atoms with E-state index in [9.17, 15) is 9.59 Å². The molecule has 0 bridgehead atoms. The summed E-state index contributed by atoms with van der Waals surface area (Å²) in [6.07, 6.45) is -0.00115. The summed E-state index contributed by atoms with van der Waals surface area (Å²) in [4.78, 5) is 29.6. The fourth-order valence-corrected chi connectivity index (χ4v) is 3.71. The van der Waals surface area contributed by atoms with Crippen LogP contribution >= 0.6 is 23.2 Å². The zero-order valence-electron chi connectivity index (χ0n) is 17.9. The lowest BCUT2D eigenvalue weighted by molar-refractivity contribution is -0.137. The minimum absolute atomic E-state index is 0.00115. The van der Waals surface area contributed by atoms with Crippen LogP contribution in [0, 0.1) is 0 Å². The number of amides is 2. The number of hydrogen-bond donors (Lipinski definition) is 1. The molecule has 0 fully saturated rings. The third-order valence-corrected chi connectivity index (χ3v) is 5.34. The van der Waals surface area contributed by atoms with Crippen molar-refractivity contribution in [2.24, 2.45) is 0 Å². The van der Waals surface area contributed by atoms with E-state index in [2.05, 4.69) is 5.32 Å². The Balaban J connectivity index is 1.98. The third-order valence-electron chi connectivity index (χ3n) is 4.79. The van der Waals surface area contributed by atoms with Crippen molar-refractivity contribution < 1.29 is 14.3 Å². The molecule has 8 heteroatoms. The van der Waals surface area contributed by atoms with Gasteiger partial charge in [-0.25, -0.2) is 0 Å². The van der Waals surface area contributed by atoms with Crippen molar-refractivity contribution in [1.82, 2.24) is 4.90 Å². The van der Waals surface area contributed by atoms with Crippen molar-refractivity contribution in [3.63, 3.8) is 0 Å². The summed E-state index contributed by atoms with van der Waals surface area (Å²) in [6.45, 7) is 4.20. The van der Waals surface area contributed by atoms with E-state index in [1.54, 1.807) is 18.2 Å². The number of ether oxygens (including phenoxy) is 1. The highest BCUT2D eigenvalue weighted by Crippen LogP contribution is 2.35. The zero-order valence-corrected chi connectivity index (χ0v) is 19.4. The van der Waals surface area contributed by atoms with Gasteiger partial charge in [0.05, 0.1) is 29.9 Å². The molecule has 0 radical (unpaired) electrons. The maximum Gasteiger partial charge on any atom is 0.278 e. The van der Waals surface area contributed by atoms with Gasteiger partial charge in [-0.2, -0.15) is 0 Å². The van der Waals surface area contributed by atoms with Gasteiger partial charge in [0.25, 0.3) is 11.8 Å². The molecular formula is C23H25Cl2N3O3. The Kier molecular flexibility index (Phi) is 7.26. The zero-order chi connectivity index (χ0) is 22.7. The van der Waals surface area contributed by atoms with Gasteiger partial charge in [0.1, 0.15) is 5.70 Å². The van der Waals surface area contributed by atoms with Gasteiger partial charge in [0.2, 0.25) is 0 Å². The number of carbonyl (C=O) groups excluding carboxylic acids is 2. The first-order valence-corrected chi connectivity index (χ1v) is 10.7. The predicted molar refractivity (Wildman–Crippen MR) is 126 cm³/mol. The van der Waals surface area contributed by atoms with Crippen LogP contribution in [0.15, 0.2) is 48.2 Å². The van der Waals surface area contributed by atoms with Gasteiger partial charge < -0.3 is 15.0 Å². The van der Waals surface area contributed by atoms with Gasteiger partial charge in [-0.1, -0.05) is 29.3 Å². The van der Waals surface area contributed by atoms with Crippen molar-refractivity contribution in [2.75, 3.05) is 37.5 Å². The van der Waals surface area contributed by atoms with Crippen LogP contribution in [-0.4, -0.2) is 50.1 Å². The summed E-state index contributed by atoms with van der Waals surface area (Å²) < 4.78 is 5.54. The van der Waals surface area contributed by atoms with Crippen LogP contribution in [0.5, 0.6) is 0 Å². The summed E-state index contributed by atoms with van der Waals surface area (Å²) in [5.74, 6) is -0.843. The highest BCUT2D eigenvalue weighted by Gasteiger charge is 2.39. The number of nitrogens with one attached hydrogen (secondary N) is 1. The van der Waals surface area contributed by atoms with Crippen molar-refractivity contribution in [3.05, 3.63) is 63.8 Å². The van der Waals surface area contributed by atoms with Crippen LogP contribution in [0.3, 0.4) is 0 Å². The molecule has 1 aliphatic rings. The molecule has 1 heterocycles. The van der Waals surface area contributed by atoms with Crippen LogP contribution in [0.4, 0.5) is 11.4 Å². The fraction of sp³-hybridized carbons (Fsp3) is 0.304. The van der Waals surface area contributed by atoms with Crippen LogP contribution in [0.25, 0.3) is 5.57 Å². The van der Waals surface area contributed by atoms with E-state index in [0.29, 0.717) is 21.3 Å². The van der Waals surface area contributed by atoms with Gasteiger partial charge in [0.15, 0.2) is 0 Å². The molecule has 6 nitrogen and oxygen atoms in total. The van der Waals surface area contributed by atoms with Crippen molar-refractivity contribution in [1.29, 1.82) is 0 Å². The molecule has 0 saturated heterocycles. The summed E-state index contributed by atoms with van der Waals surface area (Å²) in [6, 6.07) is 12.4. The van der Waals surface area contributed by atoms with Crippen LogP contribution in [-0.2, 0) is 14.3 Å². The number of rotatable bonds is 8. The molecule has 1 N–H and O–H groups in total. The van der Waals surface area contributed by atoms with Crippen molar-refractivity contribution >= 4 is 52.0 Å². The second kappa shape index (κ2) is 9.73. The molecule has 0 unspecified atom stereocenters. The molecule has 0 aromatic heterocycles. The van der Waals surface area contributed by atoms with E-state index in [-0.39, 0.29) is 30.5 Å². The van der Waals surface area contributed by atoms with Crippen LogP contribution in [0.2, 0.25) is 10.0 Å². The Morgan fingerprint density at radius 1 is 1.03 bits per heavy atom. The molecule has 31 heavy (non-hydrogen) atoms. The Hall–Kier alpha value is -2.54. The third kappa shape index (κ3) is 5.21. The van der Waals surface area contributed by atoms with E-state index >= 15 is 0 Å². The molecule has 0 saturated carbocycles. The quantitative estimate of drug-likeness (QED) is 0.578. The second-order valence-corrected chi connectivity index (χ2v) is 8.47. The predicted octanol–water partition coefficient (Wildman–Crippen LogP) is 4.68. The number of benzene rings is 2. The van der Waals surface area contributed by atoms with Crippen LogP contribution in [0.1, 0.15) is 19.4 Å². The first kappa shape index (κ1) is 23.1. The van der Waals surface area contributed by atoms with E-state index in [4.69, 9.17) is 27.9 Å². The number of halogens is 2. The molecule has 3 rings (SSSR count). The van der Waals surface area contributed by atoms with E-state index in [0.717, 1.165) is 5.69 Å². The number of nitrogens with zero attached hydrogens (tertiary/aromatic N) is 2. The molecule has 2 amide bonds. The lowest BCUT2D eigenvalue weighted by Crippen LogP contribution is -2.35. The minimum Gasteiger partial charge on any atom is -0.378 e. The Morgan fingerprint density at radius 3 is 2.29 bits per heavy atom. The van der Waals surface area contributed by atoms with E-state index < -0.39 is 11.8 Å². The first-order chi connectivity index (χ1) is 14.7. The largest absolute Gasteiger partial charge is 0.378 e. The average molecular weight is 462 g/mol. The van der Waals surface area contributed by atoms with Crippen molar-refractivity contribution in [2.45, 2.75) is 20.0 Å². The number of imide groups is 1. The Bertz CT molecular complexity index is 1020. The van der Waals surface area contributed by atoms with E-state index in [1.165, 1.54) is 4.90 Å². The summed E-state index contributed by atoms with van der Waals surface area (Å²) in [5.41, 5.74) is 2.54. The van der Waals surface area contributed by atoms with Gasteiger partial charge >= 0.3 is 0 Å². The molecule has 0 atom stereocenters. The average Bonchev–Trinajstić information content (AvgIpc) is 2.93. The molecule has 164 valence electrons. The van der Waals surface area contributed by atoms with E-state index in [1.807, 2.05) is 57.1 Å². The summed E-state index contributed by atoms with van der Waals surface area (Å²) >= 11 is 12.4. The molecule has 0 spiro atoms. The lowest BCUT2D eigenvalue weighted by Gasteiger charge is -2.17. The number of carbonyl (C=O) groups is 2. The summed E-state index contributed by atoms with van der Waals surface area (Å²) in [5, 5.41) is 3.87. The van der Waals surface area contributed by atoms with Gasteiger partial charge in [-0.05, 0) is 50.2 Å². The smallest absolute Gasteiger partial charge is 0.278 e. The SMILES string of the molecule is CC(C)OCCN1C(=O)C(Nc2ccc(N(C)C)cc2)=C(c2ccc(Cl)cc2Cl)C1=O. The van der Waals surface area contributed by atoms with Gasteiger partial charge in [-0.15, -0.1) is 0 Å². The second-order valence-electron chi connectivity index (χ2n) is 7.62. The molecular weight excluding hydrogens is 437 g/mol. The first-order valence-electron chi connectivity index (χ1n) is 9.91. The normalized spacial score (nSPS) is 14.1. The lowest BCUT2D eigenvalue weighted by atomic mass is 10.0. The van der Waals surface area contributed by atoms with Crippen LogP contribution < -0.4 is 10.2 Å². The molecule has 1 aliphatic heterocycles. The maximum atomic E-state index is 13.2. The Labute approximate surface area is 192 Å². The van der Waals surface area contributed by atoms with Gasteiger partial charge in [0, 0.05) is 36.1 Å². The van der Waals surface area contributed by atoms with Crippen molar-refractivity contribution in [3.8, 4) is 0 Å². The fourth-order valence-electron chi connectivity index (χ4n) is 3.20. The topological polar surface area (TPSA) is 61.9 Å². The minimum atomic E-state index is -0.422. The highest BCUT2D eigenvalue weighted by atomic mass is 35.5. The molecule has 2 aromatic carbocycles. The maximum absolute atomic E-state index is 13.2. The summed E-state index contributed by atoms with van der Waals surface area (Å²) in [7, 11) is 3.89.